The first-order chi connectivity index (χ1) is 13.8. The van der Waals surface area contributed by atoms with Gasteiger partial charge in [-0.15, -0.1) is 0 Å². The Balaban J connectivity index is 1.28. The molecule has 1 aliphatic carbocycles. The summed E-state index contributed by atoms with van der Waals surface area (Å²) in [5.41, 5.74) is 4.67. The summed E-state index contributed by atoms with van der Waals surface area (Å²) in [6, 6.07) is 15.7. The van der Waals surface area contributed by atoms with Gasteiger partial charge in [0.25, 0.3) is 0 Å². The maximum Gasteiger partial charge on any atom is 0.123 e. The van der Waals surface area contributed by atoms with Crippen LogP contribution in [0.3, 0.4) is 0 Å². The maximum atomic E-state index is 6.28. The molecule has 1 unspecified atom stereocenters. The zero-order chi connectivity index (χ0) is 18.9. The molecule has 28 heavy (non-hydrogen) atoms. The van der Waals surface area contributed by atoms with Crippen LogP contribution in [0.2, 0.25) is 0 Å². The molecule has 0 bridgehead atoms. The molecule has 0 radical (unpaired) electrons. The Morgan fingerprint density at radius 2 is 2.04 bits per heavy atom. The Bertz CT molecular complexity index is 959. The van der Waals surface area contributed by atoms with Crippen molar-refractivity contribution in [2.75, 3.05) is 13.1 Å². The SMILES string of the molecule is CCCN(CCC1Cc2cc(-n3cnc4ccccc43)ccc2O1)C1CCC1. The summed E-state index contributed by atoms with van der Waals surface area (Å²) >= 11 is 0. The number of nitrogens with zero attached hydrogens (tertiary/aromatic N) is 3. The molecule has 4 nitrogen and oxygen atoms in total. The molecule has 0 amide bonds. The summed E-state index contributed by atoms with van der Waals surface area (Å²) in [7, 11) is 0. The first-order valence-corrected chi connectivity index (χ1v) is 10.8. The molecule has 146 valence electrons. The Morgan fingerprint density at radius 1 is 1.14 bits per heavy atom. The van der Waals surface area contributed by atoms with Crippen molar-refractivity contribution in [2.24, 2.45) is 0 Å². The third-order valence-corrected chi connectivity index (χ3v) is 6.36. The van der Waals surface area contributed by atoms with Crippen LogP contribution in [0.4, 0.5) is 0 Å². The van der Waals surface area contributed by atoms with Crippen molar-refractivity contribution in [1.82, 2.24) is 14.5 Å². The first-order valence-electron chi connectivity index (χ1n) is 10.8. The monoisotopic (exact) mass is 375 g/mol. The predicted octanol–water partition coefficient (Wildman–Crippen LogP) is 4.98. The van der Waals surface area contributed by atoms with Crippen molar-refractivity contribution < 1.29 is 4.74 Å². The summed E-state index contributed by atoms with van der Waals surface area (Å²) in [6.07, 6.45) is 9.77. The number of aromatic nitrogens is 2. The second-order valence-corrected chi connectivity index (χ2v) is 8.25. The van der Waals surface area contributed by atoms with Gasteiger partial charge in [-0.25, -0.2) is 4.98 Å². The highest BCUT2D eigenvalue weighted by Gasteiger charge is 2.27. The van der Waals surface area contributed by atoms with E-state index in [0.717, 1.165) is 42.2 Å². The van der Waals surface area contributed by atoms with Crippen molar-refractivity contribution >= 4 is 11.0 Å². The van der Waals surface area contributed by atoms with Gasteiger partial charge in [0.1, 0.15) is 18.2 Å². The number of hydrogen-bond donors (Lipinski definition) is 0. The molecule has 2 aromatic carbocycles. The fraction of sp³-hybridized carbons (Fsp3) is 0.458. The number of fused-ring (bicyclic) bond motifs is 2. The summed E-state index contributed by atoms with van der Waals surface area (Å²) < 4.78 is 8.44. The van der Waals surface area contributed by atoms with Gasteiger partial charge >= 0.3 is 0 Å². The fourth-order valence-corrected chi connectivity index (χ4v) is 4.61. The normalized spacial score (nSPS) is 19.0. The minimum atomic E-state index is 0.309. The smallest absolute Gasteiger partial charge is 0.123 e. The molecule has 0 N–H and O–H groups in total. The number of ether oxygens (including phenoxy) is 1. The fourth-order valence-electron chi connectivity index (χ4n) is 4.61. The van der Waals surface area contributed by atoms with E-state index in [9.17, 15) is 0 Å². The van der Waals surface area contributed by atoms with Gasteiger partial charge in [0.05, 0.1) is 11.0 Å². The van der Waals surface area contributed by atoms with Crippen LogP contribution in [-0.4, -0.2) is 39.7 Å². The summed E-state index contributed by atoms with van der Waals surface area (Å²) in [6.45, 7) is 4.67. The lowest BCUT2D eigenvalue weighted by Crippen LogP contribution is -2.42. The van der Waals surface area contributed by atoms with E-state index in [1.165, 1.54) is 43.5 Å². The molecule has 3 aromatic rings. The Kier molecular flexibility index (Phi) is 4.81. The lowest BCUT2D eigenvalue weighted by molar-refractivity contribution is 0.106. The van der Waals surface area contributed by atoms with E-state index in [-0.39, 0.29) is 0 Å². The van der Waals surface area contributed by atoms with Crippen LogP contribution in [0.1, 0.15) is 44.6 Å². The van der Waals surface area contributed by atoms with Crippen LogP contribution >= 0.6 is 0 Å². The highest BCUT2D eigenvalue weighted by atomic mass is 16.5. The zero-order valence-corrected chi connectivity index (χ0v) is 16.7. The van der Waals surface area contributed by atoms with E-state index in [1.807, 2.05) is 12.4 Å². The van der Waals surface area contributed by atoms with E-state index in [4.69, 9.17) is 4.74 Å². The average molecular weight is 376 g/mol. The Hall–Kier alpha value is -2.33. The molecular formula is C24H29N3O. The Labute approximate surface area is 167 Å². The molecule has 0 spiro atoms. The van der Waals surface area contributed by atoms with Crippen LogP contribution in [0.5, 0.6) is 5.75 Å². The molecule has 1 atom stereocenters. The minimum absolute atomic E-state index is 0.309. The minimum Gasteiger partial charge on any atom is -0.490 e. The van der Waals surface area contributed by atoms with E-state index in [2.05, 4.69) is 57.8 Å². The third kappa shape index (κ3) is 3.30. The van der Waals surface area contributed by atoms with Crippen molar-refractivity contribution in [3.8, 4) is 11.4 Å². The summed E-state index contributed by atoms with van der Waals surface area (Å²) in [5.74, 6) is 1.06. The maximum absolute atomic E-state index is 6.28. The van der Waals surface area contributed by atoms with E-state index in [1.54, 1.807) is 0 Å². The molecule has 0 saturated heterocycles. The number of benzene rings is 2. The number of rotatable bonds is 7. The highest BCUT2D eigenvalue weighted by Crippen LogP contribution is 2.33. The largest absolute Gasteiger partial charge is 0.490 e. The topological polar surface area (TPSA) is 30.3 Å². The van der Waals surface area contributed by atoms with Gasteiger partial charge in [0, 0.05) is 24.7 Å². The molecule has 5 rings (SSSR count). The lowest BCUT2D eigenvalue weighted by Gasteiger charge is -2.37. The van der Waals surface area contributed by atoms with Crippen LogP contribution < -0.4 is 4.74 Å². The van der Waals surface area contributed by atoms with Crippen LogP contribution in [0, 0.1) is 0 Å². The second kappa shape index (κ2) is 7.59. The van der Waals surface area contributed by atoms with Crippen molar-refractivity contribution in [3.63, 3.8) is 0 Å². The van der Waals surface area contributed by atoms with Crippen LogP contribution in [0.25, 0.3) is 16.7 Å². The third-order valence-electron chi connectivity index (χ3n) is 6.36. The molecule has 4 heteroatoms. The second-order valence-electron chi connectivity index (χ2n) is 8.25. The highest BCUT2D eigenvalue weighted by molar-refractivity contribution is 5.77. The summed E-state index contributed by atoms with van der Waals surface area (Å²) in [5, 5.41) is 0. The molecule has 2 aliphatic rings. The van der Waals surface area contributed by atoms with E-state index >= 15 is 0 Å². The lowest BCUT2D eigenvalue weighted by atomic mass is 9.91. The van der Waals surface area contributed by atoms with Gasteiger partial charge in [-0.1, -0.05) is 25.5 Å². The molecular weight excluding hydrogens is 346 g/mol. The van der Waals surface area contributed by atoms with Gasteiger partial charge in [0.2, 0.25) is 0 Å². The standard InChI is InChI=1S/C24H29N3O/c1-2-13-26(19-6-5-7-19)14-12-21-16-18-15-20(10-11-24(18)28-21)27-17-25-22-8-3-4-9-23(22)27/h3-4,8-11,15,17,19,21H,2,5-7,12-14,16H2,1H3. The van der Waals surface area contributed by atoms with Crippen LogP contribution in [0.15, 0.2) is 48.8 Å². The van der Waals surface area contributed by atoms with Crippen molar-refractivity contribution in [2.45, 2.75) is 57.6 Å². The number of para-hydroxylation sites is 2. The number of imidazole rings is 1. The van der Waals surface area contributed by atoms with E-state index in [0.29, 0.717) is 6.10 Å². The Morgan fingerprint density at radius 3 is 2.86 bits per heavy atom. The van der Waals surface area contributed by atoms with Gasteiger partial charge in [-0.2, -0.15) is 0 Å². The number of hydrogen-bond acceptors (Lipinski definition) is 3. The molecule has 1 fully saturated rings. The van der Waals surface area contributed by atoms with Gasteiger partial charge in [-0.3, -0.25) is 4.57 Å². The predicted molar refractivity (Wildman–Crippen MR) is 113 cm³/mol. The van der Waals surface area contributed by atoms with Crippen molar-refractivity contribution in [3.05, 3.63) is 54.4 Å². The van der Waals surface area contributed by atoms with Gasteiger partial charge in [0.15, 0.2) is 0 Å². The van der Waals surface area contributed by atoms with E-state index < -0.39 is 0 Å². The molecule has 2 heterocycles. The quantitative estimate of drug-likeness (QED) is 0.583. The van der Waals surface area contributed by atoms with Gasteiger partial charge in [-0.05, 0) is 68.1 Å². The van der Waals surface area contributed by atoms with Gasteiger partial charge < -0.3 is 9.64 Å². The summed E-state index contributed by atoms with van der Waals surface area (Å²) in [4.78, 5) is 7.22. The first kappa shape index (κ1) is 17.7. The van der Waals surface area contributed by atoms with Crippen molar-refractivity contribution in [1.29, 1.82) is 0 Å². The average Bonchev–Trinajstić information content (AvgIpc) is 3.28. The molecule has 1 aliphatic heterocycles. The molecule has 1 saturated carbocycles. The molecule has 1 aromatic heterocycles. The van der Waals surface area contributed by atoms with Crippen LogP contribution in [-0.2, 0) is 6.42 Å². The zero-order valence-electron chi connectivity index (χ0n) is 16.7.